The second-order valence-electron chi connectivity index (χ2n) is 5.83. The van der Waals surface area contributed by atoms with Gasteiger partial charge < -0.3 is 15.7 Å². The number of carbonyl (C=O) groups excluding carboxylic acids is 1. The van der Waals surface area contributed by atoms with Crippen LogP contribution >= 0.6 is 11.3 Å². The van der Waals surface area contributed by atoms with Gasteiger partial charge in [-0.2, -0.15) is 0 Å². The first-order valence-electron chi connectivity index (χ1n) is 7.73. The molecule has 0 spiro atoms. The highest BCUT2D eigenvalue weighted by Crippen LogP contribution is 2.21. The van der Waals surface area contributed by atoms with Gasteiger partial charge in [-0.1, -0.05) is 44.2 Å². The van der Waals surface area contributed by atoms with Crippen LogP contribution in [0.4, 0.5) is 4.79 Å². The number of urea groups is 1. The van der Waals surface area contributed by atoms with Crippen LogP contribution in [0.5, 0.6) is 0 Å². The first kappa shape index (κ1) is 17.4. The highest BCUT2D eigenvalue weighted by atomic mass is 32.1. The molecule has 0 aliphatic rings. The summed E-state index contributed by atoms with van der Waals surface area (Å²) in [5, 5.41) is 17.7. The molecule has 0 aliphatic heterocycles. The van der Waals surface area contributed by atoms with Gasteiger partial charge in [0.25, 0.3) is 0 Å². The fourth-order valence-electron chi connectivity index (χ4n) is 2.27. The van der Waals surface area contributed by atoms with E-state index in [9.17, 15) is 9.90 Å². The van der Waals surface area contributed by atoms with Crippen molar-refractivity contribution >= 4 is 17.4 Å². The molecule has 3 N–H and O–H groups in total. The van der Waals surface area contributed by atoms with E-state index in [2.05, 4.69) is 29.5 Å². The van der Waals surface area contributed by atoms with Gasteiger partial charge in [0.05, 0.1) is 24.9 Å². The summed E-state index contributed by atoms with van der Waals surface area (Å²) in [7, 11) is 0. The highest BCUT2D eigenvalue weighted by molar-refractivity contribution is 7.09. The van der Waals surface area contributed by atoms with Crippen molar-refractivity contribution in [3.63, 3.8) is 0 Å². The maximum atomic E-state index is 11.9. The Bertz CT molecular complexity index is 613. The minimum atomic E-state index is -0.277. The zero-order valence-corrected chi connectivity index (χ0v) is 14.3. The van der Waals surface area contributed by atoms with E-state index in [1.165, 1.54) is 11.3 Å². The Kier molecular flexibility index (Phi) is 6.55. The maximum Gasteiger partial charge on any atom is 0.315 e. The Labute approximate surface area is 140 Å². The van der Waals surface area contributed by atoms with Crippen LogP contribution in [-0.4, -0.2) is 28.8 Å². The third-order valence-corrected chi connectivity index (χ3v) is 4.18. The van der Waals surface area contributed by atoms with Crippen LogP contribution in [0.25, 0.3) is 11.3 Å². The van der Waals surface area contributed by atoms with Gasteiger partial charge in [0.2, 0.25) is 0 Å². The molecule has 1 atom stereocenters. The fraction of sp³-hybridized carbons (Fsp3) is 0.412. The van der Waals surface area contributed by atoms with E-state index in [1.54, 1.807) is 0 Å². The molecule has 2 amide bonds. The van der Waals surface area contributed by atoms with Crippen molar-refractivity contribution < 1.29 is 9.90 Å². The van der Waals surface area contributed by atoms with E-state index >= 15 is 0 Å². The number of hydrogen-bond donors (Lipinski definition) is 3. The number of aliphatic hydroxyl groups excluding tert-OH is 1. The van der Waals surface area contributed by atoms with Gasteiger partial charge in [0, 0.05) is 10.9 Å². The van der Waals surface area contributed by atoms with Crippen LogP contribution in [0.15, 0.2) is 35.7 Å². The molecule has 1 aromatic heterocycles. The smallest absolute Gasteiger partial charge is 0.315 e. The summed E-state index contributed by atoms with van der Waals surface area (Å²) in [5.74, 6) is 0.417. The lowest BCUT2D eigenvalue weighted by molar-refractivity contribution is 0.206. The van der Waals surface area contributed by atoms with E-state index in [0.717, 1.165) is 22.7 Å². The number of amides is 2. The van der Waals surface area contributed by atoms with Crippen molar-refractivity contribution in [1.82, 2.24) is 15.6 Å². The summed E-state index contributed by atoms with van der Waals surface area (Å²) < 4.78 is 0. The third kappa shape index (κ3) is 5.65. The number of nitrogens with zero attached hydrogens (tertiary/aromatic N) is 1. The molecule has 0 aliphatic carbocycles. The minimum absolute atomic E-state index is 0.0546. The van der Waals surface area contributed by atoms with Crippen molar-refractivity contribution in [3.8, 4) is 11.3 Å². The molecule has 0 bridgehead atoms. The Morgan fingerprint density at radius 2 is 2.04 bits per heavy atom. The molecule has 1 unspecified atom stereocenters. The predicted molar refractivity (Wildman–Crippen MR) is 93.3 cm³/mol. The summed E-state index contributed by atoms with van der Waals surface area (Å²) >= 11 is 1.52. The third-order valence-electron chi connectivity index (χ3n) is 3.33. The molecule has 0 radical (unpaired) electrons. The zero-order valence-electron chi connectivity index (χ0n) is 13.5. The second-order valence-corrected chi connectivity index (χ2v) is 6.77. The number of aromatic nitrogens is 1. The Balaban J connectivity index is 1.84. The number of aliphatic hydroxyl groups is 1. The van der Waals surface area contributed by atoms with Crippen molar-refractivity contribution in [1.29, 1.82) is 0 Å². The SMILES string of the molecule is CC(C)CC(CO)NC(=O)NCc1nc(-c2ccccc2)cs1. The number of hydrogen-bond acceptors (Lipinski definition) is 4. The van der Waals surface area contributed by atoms with Crippen molar-refractivity contribution in [2.24, 2.45) is 5.92 Å². The van der Waals surface area contributed by atoms with E-state index in [-0.39, 0.29) is 18.7 Å². The van der Waals surface area contributed by atoms with Crippen LogP contribution in [0.2, 0.25) is 0 Å². The van der Waals surface area contributed by atoms with Crippen LogP contribution in [0.3, 0.4) is 0 Å². The van der Waals surface area contributed by atoms with Crippen LogP contribution in [0, 0.1) is 5.92 Å². The standard InChI is InChI=1S/C17H23N3O2S/c1-12(2)8-14(10-21)19-17(22)18-9-16-20-15(11-23-16)13-6-4-3-5-7-13/h3-7,11-12,14,21H,8-10H2,1-2H3,(H2,18,19,22). The van der Waals surface area contributed by atoms with Gasteiger partial charge >= 0.3 is 6.03 Å². The summed E-state index contributed by atoms with van der Waals surface area (Å²) in [6, 6.07) is 9.45. The van der Waals surface area contributed by atoms with Crippen molar-refractivity contribution in [2.45, 2.75) is 32.9 Å². The van der Waals surface area contributed by atoms with Crippen molar-refractivity contribution in [2.75, 3.05) is 6.61 Å². The summed E-state index contributed by atoms with van der Waals surface area (Å²) in [5.41, 5.74) is 1.98. The number of thiazole rings is 1. The van der Waals surface area contributed by atoms with Gasteiger partial charge in [-0.25, -0.2) is 9.78 Å². The number of rotatable bonds is 7. The van der Waals surface area contributed by atoms with Gasteiger partial charge in [-0.15, -0.1) is 11.3 Å². The lowest BCUT2D eigenvalue weighted by Crippen LogP contribution is -2.44. The molecule has 5 nitrogen and oxygen atoms in total. The van der Waals surface area contributed by atoms with Crippen LogP contribution in [-0.2, 0) is 6.54 Å². The topological polar surface area (TPSA) is 74.2 Å². The second kappa shape index (κ2) is 8.64. The molecule has 0 saturated carbocycles. The van der Waals surface area contributed by atoms with E-state index in [4.69, 9.17) is 0 Å². The molecule has 0 fully saturated rings. The molecule has 6 heteroatoms. The lowest BCUT2D eigenvalue weighted by atomic mass is 10.0. The zero-order chi connectivity index (χ0) is 16.7. The molecular weight excluding hydrogens is 310 g/mol. The average molecular weight is 333 g/mol. The van der Waals surface area contributed by atoms with Crippen LogP contribution < -0.4 is 10.6 Å². The van der Waals surface area contributed by atoms with Gasteiger partial charge in [-0.3, -0.25) is 0 Å². The molecule has 1 heterocycles. The summed E-state index contributed by atoms with van der Waals surface area (Å²) in [6.45, 7) is 4.44. The number of nitrogens with one attached hydrogen (secondary N) is 2. The highest BCUT2D eigenvalue weighted by Gasteiger charge is 2.13. The molecular formula is C17H23N3O2S. The molecule has 2 aromatic rings. The summed E-state index contributed by atoms with van der Waals surface area (Å²) in [4.78, 5) is 16.4. The molecule has 0 saturated heterocycles. The molecule has 124 valence electrons. The quantitative estimate of drug-likeness (QED) is 0.729. The number of benzene rings is 1. The fourth-order valence-corrected chi connectivity index (χ4v) is 3.02. The first-order valence-corrected chi connectivity index (χ1v) is 8.61. The average Bonchev–Trinajstić information content (AvgIpc) is 3.01. The van der Waals surface area contributed by atoms with Gasteiger partial charge in [0.1, 0.15) is 5.01 Å². The largest absolute Gasteiger partial charge is 0.394 e. The monoisotopic (exact) mass is 333 g/mol. The van der Waals surface area contributed by atoms with Crippen molar-refractivity contribution in [3.05, 3.63) is 40.7 Å². The minimum Gasteiger partial charge on any atom is -0.394 e. The van der Waals surface area contributed by atoms with E-state index in [1.807, 2.05) is 35.7 Å². The lowest BCUT2D eigenvalue weighted by Gasteiger charge is -2.18. The normalized spacial score (nSPS) is 12.2. The van der Waals surface area contributed by atoms with Crippen LogP contribution in [0.1, 0.15) is 25.3 Å². The maximum absolute atomic E-state index is 11.9. The Morgan fingerprint density at radius 3 is 2.70 bits per heavy atom. The Hall–Kier alpha value is -1.92. The predicted octanol–water partition coefficient (Wildman–Crippen LogP) is 3.02. The van der Waals surface area contributed by atoms with Gasteiger partial charge in [0.15, 0.2) is 0 Å². The summed E-state index contributed by atoms with van der Waals surface area (Å²) in [6.07, 6.45) is 0.749. The molecule has 23 heavy (non-hydrogen) atoms. The van der Waals surface area contributed by atoms with E-state index in [0.29, 0.717) is 12.5 Å². The number of carbonyl (C=O) groups is 1. The molecule has 2 rings (SSSR count). The van der Waals surface area contributed by atoms with E-state index < -0.39 is 0 Å². The molecule has 1 aromatic carbocycles. The Morgan fingerprint density at radius 1 is 1.30 bits per heavy atom. The first-order chi connectivity index (χ1) is 11.1. The van der Waals surface area contributed by atoms with Gasteiger partial charge in [-0.05, 0) is 12.3 Å².